The van der Waals surface area contributed by atoms with Crippen molar-refractivity contribution < 1.29 is 4.79 Å². The predicted octanol–water partition coefficient (Wildman–Crippen LogP) is 4.34. The highest BCUT2D eigenvalue weighted by Gasteiger charge is 2.20. The van der Waals surface area contributed by atoms with Crippen LogP contribution in [-0.2, 0) is 12.8 Å². The van der Waals surface area contributed by atoms with Crippen LogP contribution in [0.15, 0.2) is 48.1 Å². The molecular formula is C19H17N3OS. The topological polar surface area (TPSA) is 54.9 Å². The lowest BCUT2D eigenvalue weighted by Gasteiger charge is -2.12. The van der Waals surface area contributed by atoms with Gasteiger partial charge in [0.15, 0.2) is 5.82 Å². The fraction of sp³-hybridized carbons (Fsp3) is 0.211. The van der Waals surface area contributed by atoms with Crippen molar-refractivity contribution in [2.45, 2.75) is 25.7 Å². The SMILES string of the molecule is O=C(Nc1cnc(-c2ccccc2)nc1)c1csc2c1CCCC2. The summed E-state index contributed by atoms with van der Waals surface area (Å²) in [6.07, 6.45) is 7.81. The summed E-state index contributed by atoms with van der Waals surface area (Å²) in [5.74, 6) is 0.590. The van der Waals surface area contributed by atoms with Crippen LogP contribution in [0.3, 0.4) is 0 Å². The average molecular weight is 335 g/mol. The fourth-order valence-corrected chi connectivity index (χ4v) is 4.14. The molecular weight excluding hydrogens is 318 g/mol. The van der Waals surface area contributed by atoms with Crippen LogP contribution in [-0.4, -0.2) is 15.9 Å². The van der Waals surface area contributed by atoms with Crippen LogP contribution in [0.25, 0.3) is 11.4 Å². The number of rotatable bonds is 3. The van der Waals surface area contributed by atoms with E-state index in [-0.39, 0.29) is 5.91 Å². The van der Waals surface area contributed by atoms with E-state index in [9.17, 15) is 4.79 Å². The van der Waals surface area contributed by atoms with E-state index in [2.05, 4.69) is 15.3 Å². The van der Waals surface area contributed by atoms with E-state index in [1.54, 1.807) is 23.7 Å². The van der Waals surface area contributed by atoms with Crippen LogP contribution in [0.1, 0.15) is 33.6 Å². The van der Waals surface area contributed by atoms with Crippen molar-refractivity contribution in [3.05, 3.63) is 64.1 Å². The molecule has 0 fully saturated rings. The Bertz CT molecular complexity index is 856. The number of hydrogen-bond donors (Lipinski definition) is 1. The molecule has 0 unspecified atom stereocenters. The number of carbonyl (C=O) groups excluding carboxylic acids is 1. The van der Waals surface area contributed by atoms with Crippen LogP contribution in [0.5, 0.6) is 0 Å². The molecule has 0 atom stereocenters. The summed E-state index contributed by atoms with van der Waals surface area (Å²) in [4.78, 5) is 22.6. The van der Waals surface area contributed by atoms with Crippen molar-refractivity contribution in [2.24, 2.45) is 0 Å². The first-order chi connectivity index (χ1) is 11.8. The van der Waals surface area contributed by atoms with Gasteiger partial charge in [-0.3, -0.25) is 4.79 Å². The number of nitrogens with one attached hydrogen (secondary N) is 1. The smallest absolute Gasteiger partial charge is 0.256 e. The maximum atomic E-state index is 12.5. The molecule has 1 N–H and O–H groups in total. The third kappa shape index (κ3) is 2.95. The minimum Gasteiger partial charge on any atom is -0.319 e. The summed E-state index contributed by atoms with van der Waals surface area (Å²) >= 11 is 1.70. The normalized spacial score (nSPS) is 13.3. The second-order valence-electron chi connectivity index (χ2n) is 5.87. The zero-order valence-corrected chi connectivity index (χ0v) is 14.0. The molecule has 24 heavy (non-hydrogen) atoms. The summed E-state index contributed by atoms with van der Waals surface area (Å²) in [5, 5.41) is 4.89. The Labute approximate surface area is 144 Å². The lowest BCUT2D eigenvalue weighted by Crippen LogP contribution is -2.15. The molecule has 0 radical (unpaired) electrons. The van der Waals surface area contributed by atoms with Crippen molar-refractivity contribution in [2.75, 3.05) is 5.32 Å². The monoisotopic (exact) mass is 335 g/mol. The van der Waals surface area contributed by atoms with Gasteiger partial charge in [-0.05, 0) is 31.2 Å². The third-order valence-corrected chi connectivity index (χ3v) is 5.34. The minimum atomic E-state index is -0.0644. The number of anilines is 1. The lowest BCUT2D eigenvalue weighted by atomic mass is 9.95. The van der Waals surface area contributed by atoms with Gasteiger partial charge >= 0.3 is 0 Å². The number of amides is 1. The van der Waals surface area contributed by atoms with E-state index in [0.29, 0.717) is 11.5 Å². The van der Waals surface area contributed by atoms with Gasteiger partial charge in [0.1, 0.15) is 0 Å². The van der Waals surface area contributed by atoms with Crippen molar-refractivity contribution in [3.8, 4) is 11.4 Å². The van der Waals surface area contributed by atoms with Crippen molar-refractivity contribution >= 4 is 22.9 Å². The minimum absolute atomic E-state index is 0.0644. The zero-order chi connectivity index (χ0) is 16.4. The largest absolute Gasteiger partial charge is 0.319 e. The van der Waals surface area contributed by atoms with Crippen LogP contribution in [0, 0.1) is 0 Å². The number of nitrogens with zero attached hydrogens (tertiary/aromatic N) is 2. The summed E-state index contributed by atoms with van der Waals surface area (Å²) in [5.41, 5.74) is 3.62. The van der Waals surface area contributed by atoms with Crippen LogP contribution in [0.4, 0.5) is 5.69 Å². The molecule has 2 aromatic heterocycles. The number of thiophene rings is 1. The van der Waals surface area contributed by atoms with Gasteiger partial charge in [-0.2, -0.15) is 0 Å². The van der Waals surface area contributed by atoms with E-state index >= 15 is 0 Å². The number of benzene rings is 1. The number of aryl methyl sites for hydroxylation is 1. The quantitative estimate of drug-likeness (QED) is 0.775. The van der Waals surface area contributed by atoms with Crippen molar-refractivity contribution in [1.82, 2.24) is 9.97 Å². The van der Waals surface area contributed by atoms with Gasteiger partial charge in [-0.1, -0.05) is 30.3 Å². The van der Waals surface area contributed by atoms with Gasteiger partial charge in [0.25, 0.3) is 5.91 Å². The Morgan fingerprint density at radius 1 is 1.04 bits per heavy atom. The van der Waals surface area contributed by atoms with Gasteiger partial charge < -0.3 is 5.32 Å². The van der Waals surface area contributed by atoms with Crippen molar-refractivity contribution in [1.29, 1.82) is 0 Å². The molecule has 1 aromatic carbocycles. The molecule has 3 aromatic rings. The molecule has 5 heteroatoms. The van der Waals surface area contributed by atoms with Gasteiger partial charge in [0.05, 0.1) is 23.6 Å². The highest BCUT2D eigenvalue weighted by molar-refractivity contribution is 7.10. The Morgan fingerprint density at radius 2 is 1.79 bits per heavy atom. The maximum Gasteiger partial charge on any atom is 0.256 e. The second kappa shape index (κ2) is 6.53. The van der Waals surface area contributed by atoms with E-state index < -0.39 is 0 Å². The molecule has 1 aliphatic rings. The highest BCUT2D eigenvalue weighted by Crippen LogP contribution is 2.30. The first-order valence-corrected chi connectivity index (χ1v) is 8.97. The zero-order valence-electron chi connectivity index (χ0n) is 13.2. The number of fused-ring (bicyclic) bond motifs is 1. The Morgan fingerprint density at radius 3 is 2.58 bits per heavy atom. The number of carbonyl (C=O) groups is 1. The second-order valence-corrected chi connectivity index (χ2v) is 6.84. The van der Waals surface area contributed by atoms with E-state index in [1.165, 1.54) is 23.3 Å². The Hall–Kier alpha value is -2.53. The lowest BCUT2D eigenvalue weighted by molar-refractivity contribution is 0.102. The molecule has 4 rings (SSSR count). The molecule has 4 nitrogen and oxygen atoms in total. The van der Waals surface area contributed by atoms with Gasteiger partial charge in [0.2, 0.25) is 0 Å². The summed E-state index contributed by atoms with van der Waals surface area (Å²) in [7, 11) is 0. The predicted molar refractivity (Wildman–Crippen MR) is 96.4 cm³/mol. The molecule has 120 valence electrons. The van der Waals surface area contributed by atoms with Gasteiger partial charge in [-0.15, -0.1) is 11.3 Å². The van der Waals surface area contributed by atoms with E-state index in [1.807, 2.05) is 35.7 Å². The van der Waals surface area contributed by atoms with E-state index in [0.717, 1.165) is 24.0 Å². The molecule has 0 bridgehead atoms. The first kappa shape index (κ1) is 15.0. The highest BCUT2D eigenvalue weighted by atomic mass is 32.1. The molecule has 1 aliphatic carbocycles. The molecule has 1 amide bonds. The van der Waals surface area contributed by atoms with Gasteiger partial charge in [-0.25, -0.2) is 9.97 Å². The Balaban J connectivity index is 1.51. The first-order valence-electron chi connectivity index (χ1n) is 8.09. The van der Waals surface area contributed by atoms with E-state index in [4.69, 9.17) is 0 Å². The fourth-order valence-electron chi connectivity index (χ4n) is 3.01. The molecule has 0 saturated heterocycles. The average Bonchev–Trinajstić information content (AvgIpc) is 3.07. The maximum absolute atomic E-state index is 12.5. The standard InChI is InChI=1S/C19H17N3OS/c23-19(16-12-24-17-9-5-4-8-15(16)17)22-14-10-20-18(21-11-14)13-6-2-1-3-7-13/h1-3,6-7,10-12H,4-5,8-9H2,(H,22,23). The van der Waals surface area contributed by atoms with Crippen LogP contribution >= 0.6 is 11.3 Å². The van der Waals surface area contributed by atoms with Crippen LogP contribution in [0.2, 0.25) is 0 Å². The van der Waals surface area contributed by atoms with Crippen molar-refractivity contribution in [3.63, 3.8) is 0 Å². The van der Waals surface area contributed by atoms with Crippen LogP contribution < -0.4 is 5.32 Å². The summed E-state index contributed by atoms with van der Waals surface area (Å²) in [6.45, 7) is 0. The summed E-state index contributed by atoms with van der Waals surface area (Å²) < 4.78 is 0. The molecule has 2 heterocycles. The van der Waals surface area contributed by atoms with Gasteiger partial charge in [0, 0.05) is 15.8 Å². The Kier molecular flexibility index (Phi) is 4.09. The molecule has 0 aliphatic heterocycles. The number of aromatic nitrogens is 2. The summed E-state index contributed by atoms with van der Waals surface area (Å²) in [6, 6.07) is 9.79. The molecule has 0 spiro atoms. The molecule has 0 saturated carbocycles. The third-order valence-electron chi connectivity index (χ3n) is 4.25. The number of hydrogen-bond acceptors (Lipinski definition) is 4.